The number of nitrogens with one attached hydrogen (secondary N) is 1. The molecule has 3 rings (SSSR count). The number of ether oxygens (including phenoxy) is 2. The molecule has 0 saturated carbocycles. The molecular weight excluding hydrogens is 346 g/mol. The summed E-state index contributed by atoms with van der Waals surface area (Å²) < 4.78 is 11.7. The molecule has 1 amide bonds. The summed E-state index contributed by atoms with van der Waals surface area (Å²) >= 11 is 7.73. The molecule has 124 valence electrons. The summed E-state index contributed by atoms with van der Waals surface area (Å²) in [6, 6.07) is 13.2. The number of carbonyl (C=O) groups excluding carboxylic acids is 1. The van der Waals surface area contributed by atoms with Crippen LogP contribution in [0.1, 0.15) is 15.2 Å². The van der Waals surface area contributed by atoms with Crippen molar-refractivity contribution in [3.8, 4) is 11.5 Å². The first-order valence-corrected chi connectivity index (χ1v) is 8.50. The van der Waals surface area contributed by atoms with Gasteiger partial charge in [-0.2, -0.15) is 0 Å². The third-order valence-corrected chi connectivity index (χ3v) is 5.37. The van der Waals surface area contributed by atoms with Crippen LogP contribution in [0, 0.1) is 0 Å². The van der Waals surface area contributed by atoms with Crippen LogP contribution < -0.4 is 14.8 Å². The molecule has 0 saturated heterocycles. The van der Waals surface area contributed by atoms with Gasteiger partial charge in [0.25, 0.3) is 5.91 Å². The van der Waals surface area contributed by atoms with Crippen molar-refractivity contribution < 1.29 is 14.3 Å². The van der Waals surface area contributed by atoms with E-state index in [4.69, 9.17) is 21.1 Å². The monoisotopic (exact) mass is 361 g/mol. The van der Waals surface area contributed by atoms with Crippen molar-refractivity contribution in [3.05, 3.63) is 57.9 Å². The molecule has 0 spiro atoms. The van der Waals surface area contributed by atoms with Gasteiger partial charge in [-0.3, -0.25) is 4.79 Å². The van der Waals surface area contributed by atoms with Gasteiger partial charge in [0, 0.05) is 10.1 Å². The van der Waals surface area contributed by atoms with Crippen LogP contribution in [0.5, 0.6) is 11.5 Å². The van der Waals surface area contributed by atoms with E-state index in [9.17, 15) is 4.79 Å². The van der Waals surface area contributed by atoms with Crippen molar-refractivity contribution in [1.29, 1.82) is 0 Å². The van der Waals surface area contributed by atoms with Gasteiger partial charge in [-0.05, 0) is 18.2 Å². The lowest BCUT2D eigenvalue weighted by atomic mass is 10.1. The van der Waals surface area contributed by atoms with Gasteiger partial charge in [0.1, 0.15) is 16.4 Å². The Morgan fingerprint density at radius 2 is 1.75 bits per heavy atom. The highest BCUT2D eigenvalue weighted by atomic mass is 35.5. The summed E-state index contributed by atoms with van der Waals surface area (Å²) in [6.07, 6.45) is 0. The zero-order valence-electron chi connectivity index (χ0n) is 13.3. The maximum Gasteiger partial charge on any atom is 0.263 e. The van der Waals surface area contributed by atoms with Gasteiger partial charge in [-0.15, -0.1) is 11.3 Å². The molecule has 6 heteroatoms. The van der Waals surface area contributed by atoms with Gasteiger partial charge in [0.2, 0.25) is 0 Å². The normalized spacial score (nSPS) is 10.6. The largest absolute Gasteiger partial charge is 0.496 e. The molecule has 0 fully saturated rings. The summed E-state index contributed by atoms with van der Waals surface area (Å²) in [5.41, 5.74) is 0.785. The van der Waals surface area contributed by atoms with Crippen LogP contribution in [0.4, 0.5) is 0 Å². The van der Waals surface area contributed by atoms with Gasteiger partial charge in [-0.1, -0.05) is 35.9 Å². The van der Waals surface area contributed by atoms with E-state index in [1.807, 2.05) is 42.5 Å². The molecule has 0 radical (unpaired) electrons. The summed E-state index contributed by atoms with van der Waals surface area (Å²) in [5, 5.41) is 4.27. The Bertz CT molecular complexity index is 869. The Morgan fingerprint density at radius 3 is 2.38 bits per heavy atom. The standard InChI is InChI=1S/C18H16ClNO3S/c1-22-13-7-5-8-14(23-2)12(13)10-20-18(21)17-16(19)11-6-3-4-9-15(11)24-17/h3-9H,10H2,1-2H3,(H,20,21). The Labute approximate surface area is 149 Å². The zero-order valence-corrected chi connectivity index (χ0v) is 14.8. The predicted molar refractivity (Wildman–Crippen MR) is 97.6 cm³/mol. The van der Waals surface area contributed by atoms with Crippen molar-refractivity contribution >= 4 is 38.9 Å². The number of hydrogen-bond donors (Lipinski definition) is 1. The first-order valence-electron chi connectivity index (χ1n) is 7.30. The van der Waals surface area contributed by atoms with Crippen molar-refractivity contribution in [2.24, 2.45) is 0 Å². The van der Waals surface area contributed by atoms with Crippen LogP contribution in [0.3, 0.4) is 0 Å². The SMILES string of the molecule is COc1cccc(OC)c1CNC(=O)c1sc2ccccc2c1Cl. The molecular formula is C18H16ClNO3S. The maximum absolute atomic E-state index is 12.5. The first-order chi connectivity index (χ1) is 11.7. The minimum absolute atomic E-state index is 0.214. The number of methoxy groups -OCH3 is 2. The van der Waals surface area contributed by atoms with Gasteiger partial charge in [-0.25, -0.2) is 0 Å². The number of hydrogen-bond acceptors (Lipinski definition) is 4. The van der Waals surface area contributed by atoms with E-state index in [-0.39, 0.29) is 12.5 Å². The van der Waals surface area contributed by atoms with E-state index in [1.54, 1.807) is 14.2 Å². The van der Waals surface area contributed by atoms with Gasteiger partial charge in [0.05, 0.1) is 31.4 Å². The fourth-order valence-electron chi connectivity index (χ4n) is 2.51. The summed E-state index contributed by atoms with van der Waals surface area (Å²) in [7, 11) is 3.17. The molecule has 0 aliphatic rings. The first kappa shape index (κ1) is 16.6. The number of halogens is 1. The van der Waals surface area contributed by atoms with Crippen LogP contribution in [0.2, 0.25) is 5.02 Å². The molecule has 1 aromatic heterocycles. The second-order valence-electron chi connectivity index (χ2n) is 5.07. The smallest absolute Gasteiger partial charge is 0.263 e. The molecule has 1 heterocycles. The fraction of sp³-hybridized carbons (Fsp3) is 0.167. The second-order valence-corrected chi connectivity index (χ2v) is 6.50. The molecule has 0 unspecified atom stereocenters. The van der Waals surface area contributed by atoms with E-state index >= 15 is 0 Å². The van der Waals surface area contributed by atoms with Crippen molar-refractivity contribution in [3.63, 3.8) is 0 Å². The highest BCUT2D eigenvalue weighted by molar-refractivity contribution is 7.21. The highest BCUT2D eigenvalue weighted by Gasteiger charge is 2.18. The lowest BCUT2D eigenvalue weighted by molar-refractivity contribution is 0.0954. The Hall–Kier alpha value is -2.24. The molecule has 24 heavy (non-hydrogen) atoms. The fourth-order valence-corrected chi connectivity index (χ4v) is 3.94. The molecule has 0 bridgehead atoms. The summed E-state index contributed by atoms with van der Waals surface area (Å²) in [6.45, 7) is 0.288. The van der Waals surface area contributed by atoms with Crippen LogP contribution in [0.25, 0.3) is 10.1 Å². The van der Waals surface area contributed by atoms with Gasteiger partial charge in [0.15, 0.2) is 0 Å². The molecule has 0 aliphatic heterocycles. The van der Waals surface area contributed by atoms with E-state index in [0.29, 0.717) is 21.4 Å². The molecule has 0 aliphatic carbocycles. The molecule has 0 atom stereocenters. The number of carbonyl (C=O) groups is 1. The lowest BCUT2D eigenvalue weighted by Crippen LogP contribution is -2.22. The third kappa shape index (κ3) is 3.05. The lowest BCUT2D eigenvalue weighted by Gasteiger charge is -2.13. The number of fused-ring (bicyclic) bond motifs is 1. The maximum atomic E-state index is 12.5. The number of amides is 1. The van der Waals surface area contributed by atoms with E-state index < -0.39 is 0 Å². The minimum atomic E-state index is -0.214. The van der Waals surface area contributed by atoms with E-state index in [0.717, 1.165) is 15.6 Å². The van der Waals surface area contributed by atoms with Gasteiger partial charge < -0.3 is 14.8 Å². The number of rotatable bonds is 5. The Morgan fingerprint density at radius 1 is 1.08 bits per heavy atom. The predicted octanol–water partition coefficient (Wildman–Crippen LogP) is 4.50. The van der Waals surface area contributed by atoms with Crippen LogP contribution >= 0.6 is 22.9 Å². The molecule has 1 N–H and O–H groups in total. The van der Waals surface area contributed by atoms with Crippen molar-refractivity contribution in [2.45, 2.75) is 6.54 Å². The second kappa shape index (κ2) is 7.11. The average molecular weight is 362 g/mol. The van der Waals surface area contributed by atoms with Crippen molar-refractivity contribution in [1.82, 2.24) is 5.32 Å². The van der Waals surface area contributed by atoms with E-state index in [2.05, 4.69) is 5.32 Å². The minimum Gasteiger partial charge on any atom is -0.496 e. The van der Waals surface area contributed by atoms with Crippen LogP contribution in [-0.2, 0) is 6.54 Å². The average Bonchev–Trinajstić information content (AvgIpc) is 2.96. The van der Waals surface area contributed by atoms with Crippen LogP contribution in [0.15, 0.2) is 42.5 Å². The van der Waals surface area contributed by atoms with Crippen molar-refractivity contribution in [2.75, 3.05) is 14.2 Å². The topological polar surface area (TPSA) is 47.6 Å². The Balaban J connectivity index is 1.84. The summed E-state index contributed by atoms with van der Waals surface area (Å²) in [4.78, 5) is 13.0. The molecule has 2 aromatic carbocycles. The Kier molecular flexibility index (Phi) is 4.92. The molecule has 4 nitrogen and oxygen atoms in total. The van der Waals surface area contributed by atoms with Gasteiger partial charge >= 0.3 is 0 Å². The highest BCUT2D eigenvalue weighted by Crippen LogP contribution is 2.35. The molecule has 3 aromatic rings. The number of benzene rings is 2. The summed E-state index contributed by atoms with van der Waals surface area (Å²) in [5.74, 6) is 1.11. The van der Waals surface area contributed by atoms with E-state index in [1.165, 1.54) is 11.3 Å². The zero-order chi connectivity index (χ0) is 17.1. The van der Waals surface area contributed by atoms with Crippen LogP contribution in [-0.4, -0.2) is 20.1 Å². The third-order valence-electron chi connectivity index (χ3n) is 3.70. The number of thiophene rings is 1. The quantitative estimate of drug-likeness (QED) is 0.727.